The molecule has 0 bridgehead atoms. The molecule has 3 heterocycles. The largest absolute Gasteiger partial charge is 0.507 e. The van der Waals surface area contributed by atoms with Crippen molar-refractivity contribution < 1.29 is 9.90 Å². The monoisotopic (exact) mass is 417 g/mol. The van der Waals surface area contributed by atoms with Crippen LogP contribution in [-0.4, -0.2) is 39.0 Å². The second-order valence-electron chi connectivity index (χ2n) is 7.22. The average molecular weight is 418 g/mol. The predicted molar refractivity (Wildman–Crippen MR) is 124 cm³/mol. The van der Waals surface area contributed by atoms with Gasteiger partial charge in [0.1, 0.15) is 11.6 Å². The van der Waals surface area contributed by atoms with Gasteiger partial charge in [-0.05, 0) is 48.4 Å². The summed E-state index contributed by atoms with van der Waals surface area (Å²) < 4.78 is 0. The molecule has 0 radical (unpaired) electrons. The number of carbonyl (C=O) groups excluding carboxylic acids is 1. The number of benzene rings is 1. The Balaban J connectivity index is 0.000000176. The van der Waals surface area contributed by atoms with Crippen LogP contribution in [0.1, 0.15) is 29.0 Å². The summed E-state index contributed by atoms with van der Waals surface area (Å²) in [4.78, 5) is 20.2. The van der Waals surface area contributed by atoms with E-state index in [1.807, 2.05) is 29.3 Å². The molecule has 1 aliphatic rings. The normalized spacial score (nSPS) is 15.8. The zero-order chi connectivity index (χ0) is 22.2. The maximum Gasteiger partial charge on any atom is 0.245 e. The van der Waals surface area contributed by atoms with Crippen molar-refractivity contribution in [2.24, 2.45) is 5.73 Å². The molecule has 160 valence electrons. The Morgan fingerprint density at radius 1 is 1.26 bits per heavy atom. The van der Waals surface area contributed by atoms with Gasteiger partial charge in [-0.1, -0.05) is 24.8 Å². The second-order valence-corrected chi connectivity index (χ2v) is 7.22. The van der Waals surface area contributed by atoms with Crippen LogP contribution in [0.2, 0.25) is 0 Å². The van der Waals surface area contributed by atoms with Gasteiger partial charge in [-0.2, -0.15) is 0 Å². The van der Waals surface area contributed by atoms with Gasteiger partial charge >= 0.3 is 0 Å². The number of hydrogen-bond acceptors (Lipinski definition) is 5. The number of rotatable bonds is 4. The number of H-pyrrole nitrogens is 1. The molecule has 7 nitrogen and oxygen atoms in total. The number of amides is 1. The highest BCUT2D eigenvalue weighted by atomic mass is 16.3. The highest BCUT2D eigenvalue weighted by molar-refractivity contribution is 5.87. The van der Waals surface area contributed by atoms with Crippen molar-refractivity contribution in [3.63, 3.8) is 0 Å². The fourth-order valence-electron chi connectivity index (χ4n) is 3.46. The number of nitrogens with two attached hydrogens (primary N) is 2. The summed E-state index contributed by atoms with van der Waals surface area (Å²) in [7, 11) is 0. The molecule has 2 aromatic heterocycles. The Hall–Kier alpha value is -4.00. The van der Waals surface area contributed by atoms with E-state index in [4.69, 9.17) is 11.5 Å². The Kier molecular flexibility index (Phi) is 7.11. The van der Waals surface area contributed by atoms with Crippen LogP contribution < -0.4 is 11.5 Å². The number of anilines is 1. The lowest BCUT2D eigenvalue weighted by Gasteiger charge is -2.13. The number of aromatic nitrogens is 2. The Morgan fingerprint density at radius 3 is 2.71 bits per heavy atom. The molecule has 1 fully saturated rings. The van der Waals surface area contributed by atoms with Gasteiger partial charge in [-0.15, -0.1) is 0 Å². The summed E-state index contributed by atoms with van der Waals surface area (Å²) in [6.07, 6.45) is 9.51. The molecule has 1 atom stereocenters. The minimum Gasteiger partial charge on any atom is -0.507 e. The van der Waals surface area contributed by atoms with Crippen molar-refractivity contribution >= 4 is 23.5 Å². The van der Waals surface area contributed by atoms with Gasteiger partial charge < -0.3 is 26.5 Å². The van der Waals surface area contributed by atoms with E-state index >= 15 is 0 Å². The molecule has 1 unspecified atom stereocenters. The number of aromatic hydroxyl groups is 1. The summed E-state index contributed by atoms with van der Waals surface area (Å²) in [6, 6.07) is 12.7. The first-order chi connectivity index (χ1) is 15.0. The van der Waals surface area contributed by atoms with E-state index < -0.39 is 0 Å². The number of phenols is 1. The average Bonchev–Trinajstić information content (AvgIpc) is 3.44. The van der Waals surface area contributed by atoms with Crippen molar-refractivity contribution in [1.29, 1.82) is 0 Å². The molecule has 6 N–H and O–H groups in total. The topological polar surface area (TPSA) is 121 Å². The van der Waals surface area contributed by atoms with E-state index in [1.54, 1.807) is 36.7 Å². The number of para-hydroxylation sites is 1. The van der Waals surface area contributed by atoms with Crippen LogP contribution in [0.25, 0.3) is 11.8 Å². The van der Waals surface area contributed by atoms with E-state index in [9.17, 15) is 9.90 Å². The number of likely N-dealkylation sites (tertiary alicyclic amines) is 1. The van der Waals surface area contributed by atoms with Crippen molar-refractivity contribution in [3.05, 3.63) is 90.4 Å². The molecule has 4 rings (SSSR count). The number of carbonyl (C=O) groups is 1. The lowest BCUT2D eigenvalue weighted by atomic mass is 10.0. The molecule has 31 heavy (non-hydrogen) atoms. The Morgan fingerprint density at radius 2 is 2.06 bits per heavy atom. The summed E-state index contributed by atoms with van der Waals surface area (Å²) in [5.74, 6) is 1.17. The molecule has 0 aliphatic carbocycles. The van der Waals surface area contributed by atoms with Crippen molar-refractivity contribution in [2.45, 2.75) is 12.3 Å². The third-order valence-electron chi connectivity index (χ3n) is 5.17. The first-order valence-corrected chi connectivity index (χ1v) is 9.99. The minimum absolute atomic E-state index is 0.0291. The van der Waals surface area contributed by atoms with Gasteiger partial charge in [0, 0.05) is 54.4 Å². The smallest absolute Gasteiger partial charge is 0.245 e. The molecular weight excluding hydrogens is 390 g/mol. The molecule has 1 aromatic carbocycles. The molecule has 1 saturated heterocycles. The van der Waals surface area contributed by atoms with Crippen LogP contribution >= 0.6 is 0 Å². The van der Waals surface area contributed by atoms with E-state index in [1.165, 1.54) is 11.6 Å². The molecule has 0 spiro atoms. The predicted octanol–water partition coefficient (Wildman–Crippen LogP) is 3.34. The summed E-state index contributed by atoms with van der Waals surface area (Å²) in [5, 5.41) is 9.62. The van der Waals surface area contributed by atoms with Crippen LogP contribution in [0.15, 0.2) is 73.7 Å². The quantitative estimate of drug-likeness (QED) is 0.485. The zero-order valence-electron chi connectivity index (χ0n) is 17.2. The number of nitrogens with one attached hydrogen (secondary N) is 1. The first kappa shape index (κ1) is 21.7. The maximum atomic E-state index is 11.4. The van der Waals surface area contributed by atoms with Crippen LogP contribution in [0.5, 0.6) is 5.75 Å². The van der Waals surface area contributed by atoms with Gasteiger partial charge in [-0.25, -0.2) is 0 Å². The third-order valence-corrected chi connectivity index (χ3v) is 5.17. The number of pyridine rings is 1. The summed E-state index contributed by atoms with van der Waals surface area (Å²) in [6.45, 7) is 5.11. The molecule has 1 aliphatic heterocycles. The maximum absolute atomic E-state index is 11.4. The van der Waals surface area contributed by atoms with Crippen molar-refractivity contribution in [3.8, 4) is 5.75 Å². The number of aromatic amines is 1. The molecule has 3 aromatic rings. The molecular formula is C24H27N5O2. The second kappa shape index (κ2) is 10.2. The summed E-state index contributed by atoms with van der Waals surface area (Å²) >= 11 is 0. The summed E-state index contributed by atoms with van der Waals surface area (Å²) in [5.41, 5.74) is 14.7. The third kappa shape index (κ3) is 5.54. The molecule has 0 saturated carbocycles. The van der Waals surface area contributed by atoms with Crippen molar-refractivity contribution in [2.75, 3.05) is 18.8 Å². The van der Waals surface area contributed by atoms with Gasteiger partial charge in [0.2, 0.25) is 5.91 Å². The highest BCUT2D eigenvalue weighted by Crippen LogP contribution is 2.26. The number of nitrogen functional groups attached to an aromatic ring is 1. The van der Waals surface area contributed by atoms with Crippen LogP contribution in [0.4, 0.5) is 5.82 Å². The molecule has 7 heteroatoms. The fraction of sp³-hybridized carbons (Fsp3) is 0.167. The fourth-order valence-corrected chi connectivity index (χ4v) is 3.46. The van der Waals surface area contributed by atoms with Gasteiger partial charge in [-0.3, -0.25) is 9.78 Å². The highest BCUT2D eigenvalue weighted by Gasteiger charge is 2.25. The van der Waals surface area contributed by atoms with E-state index in [0.717, 1.165) is 25.1 Å². The number of phenolic OH excluding ortho intramolecular Hbond substituents is 1. The number of nitrogens with zero attached hydrogens (tertiary/aromatic N) is 2. The Bertz CT molecular complexity index is 1060. The van der Waals surface area contributed by atoms with Crippen LogP contribution in [-0.2, 0) is 4.79 Å². The SMILES string of the molecule is C=CC(=O)N1CCC(c2cccnc2)C1.N/C(=C\c1cc[nH]c1N)c1ccccc1O. The van der Waals surface area contributed by atoms with Gasteiger partial charge in [0.25, 0.3) is 0 Å². The lowest BCUT2D eigenvalue weighted by molar-refractivity contribution is -0.125. The zero-order valence-corrected chi connectivity index (χ0v) is 17.2. The van der Waals surface area contributed by atoms with E-state index in [-0.39, 0.29) is 11.7 Å². The number of hydrogen-bond donors (Lipinski definition) is 4. The first-order valence-electron chi connectivity index (χ1n) is 9.99. The Labute approximate surface area is 181 Å². The van der Waals surface area contributed by atoms with Crippen LogP contribution in [0, 0.1) is 0 Å². The standard InChI is InChI=1S/C12H13N3O.C12H14N2O/c13-10(7-8-5-6-15-12(8)14)9-3-1-2-4-11(9)16;1-2-12(15)14-7-5-11(9-14)10-4-3-6-13-8-10/h1-7,15-16H,13-14H2;2-4,6,8,11H,1,5,7,9H2/b10-7-;. The van der Waals surface area contributed by atoms with Crippen LogP contribution in [0.3, 0.4) is 0 Å². The van der Waals surface area contributed by atoms with Gasteiger partial charge in [0.05, 0.1) is 0 Å². The lowest BCUT2D eigenvalue weighted by Crippen LogP contribution is -2.26. The minimum atomic E-state index is 0.0291. The van der Waals surface area contributed by atoms with E-state index in [2.05, 4.69) is 22.6 Å². The van der Waals surface area contributed by atoms with Gasteiger partial charge in [0.15, 0.2) is 0 Å². The van der Waals surface area contributed by atoms with Crippen molar-refractivity contribution in [1.82, 2.24) is 14.9 Å². The molecule has 1 amide bonds. The van der Waals surface area contributed by atoms with E-state index in [0.29, 0.717) is 23.0 Å².